The Morgan fingerprint density at radius 3 is 2.88 bits per heavy atom. The topological polar surface area (TPSA) is 41.6 Å². The summed E-state index contributed by atoms with van der Waals surface area (Å²) in [6.45, 7) is 9.51. The lowest BCUT2D eigenvalue weighted by atomic mass is 10.0. The third kappa shape index (κ3) is 5.04. The number of carbonyl (C=O) groups is 1. The Labute approximate surface area is 105 Å². The molecule has 1 fully saturated rings. The number of nitrogens with one attached hydrogen (secondary N) is 1. The number of hydrogen-bond donors (Lipinski definition) is 1. The molecule has 0 bridgehead atoms. The summed E-state index contributed by atoms with van der Waals surface area (Å²) in [6, 6.07) is 0.485. The van der Waals surface area contributed by atoms with Gasteiger partial charge in [-0.15, -0.1) is 0 Å². The molecule has 1 aliphatic heterocycles. The molecule has 0 amide bonds. The molecule has 0 radical (unpaired) electrons. The molecule has 1 unspecified atom stereocenters. The molecule has 1 aliphatic rings. The average Bonchev–Trinajstić information content (AvgIpc) is 2.29. The van der Waals surface area contributed by atoms with E-state index < -0.39 is 0 Å². The molecular formula is C13H26N2O2. The van der Waals surface area contributed by atoms with Crippen molar-refractivity contribution in [3.05, 3.63) is 0 Å². The van der Waals surface area contributed by atoms with Crippen LogP contribution < -0.4 is 5.32 Å². The summed E-state index contributed by atoms with van der Waals surface area (Å²) in [5, 5.41) is 3.39. The largest absolute Gasteiger partial charge is 0.465 e. The highest BCUT2D eigenvalue weighted by atomic mass is 16.5. The number of rotatable bonds is 6. The molecule has 0 saturated carbocycles. The van der Waals surface area contributed by atoms with Gasteiger partial charge in [0, 0.05) is 19.1 Å². The van der Waals surface area contributed by atoms with Crippen molar-refractivity contribution < 1.29 is 9.53 Å². The maximum atomic E-state index is 11.8. The standard InChI is InChI=1S/C13H26N2O2/c1-4-17-13(16)12-7-5-6-9-15(12)10-8-14-11(2)3/h11-12,14H,4-10H2,1-3H3. The first-order valence-corrected chi connectivity index (χ1v) is 6.79. The fraction of sp³-hybridized carbons (Fsp3) is 0.923. The number of carbonyl (C=O) groups excluding carboxylic acids is 1. The van der Waals surface area contributed by atoms with E-state index in [0.29, 0.717) is 12.6 Å². The molecule has 4 heteroatoms. The maximum absolute atomic E-state index is 11.8. The molecule has 100 valence electrons. The van der Waals surface area contributed by atoms with E-state index in [1.807, 2.05) is 6.92 Å². The van der Waals surface area contributed by atoms with Gasteiger partial charge in [0.05, 0.1) is 6.61 Å². The summed E-state index contributed by atoms with van der Waals surface area (Å²) >= 11 is 0. The maximum Gasteiger partial charge on any atom is 0.323 e. The Bertz CT molecular complexity index is 231. The van der Waals surface area contributed by atoms with Gasteiger partial charge in [-0.2, -0.15) is 0 Å². The van der Waals surface area contributed by atoms with E-state index in [9.17, 15) is 4.79 Å². The zero-order valence-corrected chi connectivity index (χ0v) is 11.4. The Kier molecular flexibility index (Phi) is 6.52. The highest BCUT2D eigenvalue weighted by Crippen LogP contribution is 2.17. The predicted octanol–water partition coefficient (Wildman–Crippen LogP) is 1.40. The van der Waals surface area contributed by atoms with E-state index in [1.54, 1.807) is 0 Å². The van der Waals surface area contributed by atoms with E-state index in [0.717, 1.165) is 32.5 Å². The normalized spacial score (nSPS) is 21.8. The van der Waals surface area contributed by atoms with Crippen LogP contribution in [-0.4, -0.2) is 49.2 Å². The molecule has 4 nitrogen and oxygen atoms in total. The first-order valence-electron chi connectivity index (χ1n) is 6.79. The second-order valence-corrected chi connectivity index (χ2v) is 4.91. The molecule has 0 aromatic carbocycles. The lowest BCUT2D eigenvalue weighted by Crippen LogP contribution is -2.48. The van der Waals surface area contributed by atoms with E-state index in [4.69, 9.17) is 4.74 Å². The third-order valence-corrected chi connectivity index (χ3v) is 3.12. The summed E-state index contributed by atoms with van der Waals surface area (Å²) in [7, 11) is 0. The second kappa shape index (κ2) is 7.67. The minimum atomic E-state index is -0.0447. The minimum absolute atomic E-state index is 0.0161. The SMILES string of the molecule is CCOC(=O)C1CCCCN1CCNC(C)C. The number of likely N-dealkylation sites (tertiary alicyclic amines) is 1. The second-order valence-electron chi connectivity index (χ2n) is 4.91. The first-order chi connectivity index (χ1) is 8.15. The minimum Gasteiger partial charge on any atom is -0.465 e. The van der Waals surface area contributed by atoms with Gasteiger partial charge in [-0.3, -0.25) is 9.69 Å². The van der Waals surface area contributed by atoms with Crippen LogP contribution in [0.3, 0.4) is 0 Å². The highest BCUT2D eigenvalue weighted by Gasteiger charge is 2.29. The average molecular weight is 242 g/mol. The number of hydrogen-bond acceptors (Lipinski definition) is 4. The van der Waals surface area contributed by atoms with Crippen LogP contribution in [0.2, 0.25) is 0 Å². The molecule has 0 aliphatic carbocycles. The summed E-state index contributed by atoms with van der Waals surface area (Å²) in [4.78, 5) is 14.1. The van der Waals surface area contributed by atoms with Crippen molar-refractivity contribution >= 4 is 5.97 Å². The molecule has 1 rings (SSSR count). The molecule has 17 heavy (non-hydrogen) atoms. The van der Waals surface area contributed by atoms with Crippen molar-refractivity contribution in [2.24, 2.45) is 0 Å². The van der Waals surface area contributed by atoms with Gasteiger partial charge in [0.1, 0.15) is 6.04 Å². The van der Waals surface area contributed by atoms with E-state index in [1.165, 1.54) is 6.42 Å². The van der Waals surface area contributed by atoms with Gasteiger partial charge in [0.15, 0.2) is 0 Å². The smallest absolute Gasteiger partial charge is 0.323 e. The van der Waals surface area contributed by atoms with E-state index in [-0.39, 0.29) is 12.0 Å². The zero-order chi connectivity index (χ0) is 12.7. The van der Waals surface area contributed by atoms with Crippen LogP contribution in [0.4, 0.5) is 0 Å². The molecule has 0 aromatic heterocycles. The lowest BCUT2D eigenvalue weighted by molar-refractivity contribution is -0.150. The van der Waals surface area contributed by atoms with Crippen molar-refractivity contribution in [3.63, 3.8) is 0 Å². The lowest BCUT2D eigenvalue weighted by Gasteiger charge is -2.34. The van der Waals surface area contributed by atoms with Gasteiger partial charge in [0.25, 0.3) is 0 Å². The Morgan fingerprint density at radius 1 is 1.47 bits per heavy atom. The van der Waals surface area contributed by atoms with Gasteiger partial charge in [-0.25, -0.2) is 0 Å². The van der Waals surface area contributed by atoms with Crippen LogP contribution in [0.5, 0.6) is 0 Å². The summed E-state index contributed by atoms with van der Waals surface area (Å²) < 4.78 is 5.14. The molecule has 1 saturated heterocycles. The molecule has 1 heterocycles. The Hall–Kier alpha value is -0.610. The van der Waals surface area contributed by atoms with Gasteiger partial charge in [-0.1, -0.05) is 20.3 Å². The summed E-state index contributed by atoms with van der Waals surface area (Å²) in [5.41, 5.74) is 0. The first kappa shape index (κ1) is 14.5. The molecular weight excluding hydrogens is 216 g/mol. The zero-order valence-electron chi connectivity index (χ0n) is 11.4. The Morgan fingerprint density at radius 2 is 2.24 bits per heavy atom. The third-order valence-electron chi connectivity index (χ3n) is 3.12. The van der Waals surface area contributed by atoms with Crippen LogP contribution >= 0.6 is 0 Å². The monoisotopic (exact) mass is 242 g/mol. The van der Waals surface area contributed by atoms with Crippen molar-refractivity contribution in [1.29, 1.82) is 0 Å². The quantitative estimate of drug-likeness (QED) is 0.715. The summed E-state index contributed by atoms with van der Waals surface area (Å²) in [5.74, 6) is -0.0447. The summed E-state index contributed by atoms with van der Waals surface area (Å²) in [6.07, 6.45) is 3.27. The van der Waals surface area contributed by atoms with Crippen LogP contribution in [0.1, 0.15) is 40.0 Å². The fourth-order valence-electron chi connectivity index (χ4n) is 2.26. The van der Waals surface area contributed by atoms with E-state index in [2.05, 4.69) is 24.1 Å². The van der Waals surface area contributed by atoms with Crippen LogP contribution in [0.15, 0.2) is 0 Å². The van der Waals surface area contributed by atoms with Crippen LogP contribution in [0.25, 0.3) is 0 Å². The van der Waals surface area contributed by atoms with Crippen molar-refractivity contribution in [2.45, 2.75) is 52.1 Å². The number of nitrogens with zero attached hydrogens (tertiary/aromatic N) is 1. The molecule has 1 atom stereocenters. The van der Waals surface area contributed by atoms with Crippen molar-refractivity contribution in [2.75, 3.05) is 26.2 Å². The van der Waals surface area contributed by atoms with Gasteiger partial charge in [0.2, 0.25) is 0 Å². The molecule has 0 aromatic rings. The van der Waals surface area contributed by atoms with Gasteiger partial charge >= 0.3 is 5.97 Å². The van der Waals surface area contributed by atoms with E-state index >= 15 is 0 Å². The highest BCUT2D eigenvalue weighted by molar-refractivity contribution is 5.75. The van der Waals surface area contributed by atoms with Crippen LogP contribution in [0, 0.1) is 0 Å². The molecule has 1 N–H and O–H groups in total. The number of ether oxygens (including phenoxy) is 1. The Balaban J connectivity index is 2.39. The fourth-order valence-corrected chi connectivity index (χ4v) is 2.26. The van der Waals surface area contributed by atoms with Gasteiger partial charge in [-0.05, 0) is 26.3 Å². The van der Waals surface area contributed by atoms with Gasteiger partial charge < -0.3 is 10.1 Å². The van der Waals surface area contributed by atoms with Crippen molar-refractivity contribution in [1.82, 2.24) is 10.2 Å². The molecule has 0 spiro atoms. The number of esters is 1. The predicted molar refractivity (Wildman–Crippen MR) is 69.0 cm³/mol. The number of piperidine rings is 1. The van der Waals surface area contributed by atoms with Crippen molar-refractivity contribution in [3.8, 4) is 0 Å². The van der Waals surface area contributed by atoms with Crippen LogP contribution in [-0.2, 0) is 9.53 Å².